The lowest BCUT2D eigenvalue weighted by Crippen LogP contribution is -2.17. The first kappa shape index (κ1) is 29.9. The number of aromatic amines is 1. The number of sulfonamides is 1. The van der Waals surface area contributed by atoms with E-state index in [0.717, 1.165) is 25.7 Å². The molecule has 0 unspecified atom stereocenters. The molecule has 2 heterocycles. The van der Waals surface area contributed by atoms with Crippen LogP contribution in [0.1, 0.15) is 58.0 Å². The number of imidazole rings is 1. The number of rotatable bonds is 14. The number of unbranched alkanes of at least 4 members (excludes halogenated alkanes) is 2. The number of aryl methyl sites for hydroxylation is 2. The highest BCUT2D eigenvalue weighted by Crippen LogP contribution is 2.33. The van der Waals surface area contributed by atoms with Crippen molar-refractivity contribution in [2.24, 2.45) is 0 Å². The van der Waals surface area contributed by atoms with Crippen LogP contribution in [0, 0.1) is 6.92 Å². The first-order chi connectivity index (χ1) is 19.7. The topological polar surface area (TPSA) is 137 Å². The predicted molar refractivity (Wildman–Crippen MR) is 158 cm³/mol. The van der Waals surface area contributed by atoms with Crippen LogP contribution in [0.3, 0.4) is 0 Å². The van der Waals surface area contributed by atoms with Gasteiger partial charge in [0.05, 0.1) is 42.2 Å². The average molecular weight is 584 g/mol. The molecule has 4 rings (SSSR count). The number of nitrogens with one attached hydrogen (secondary N) is 2. The van der Waals surface area contributed by atoms with Gasteiger partial charge in [0, 0.05) is 12.5 Å². The van der Waals surface area contributed by atoms with E-state index in [1.807, 2.05) is 13.8 Å². The predicted octanol–water partition coefficient (Wildman–Crippen LogP) is 5.12. The number of anilines is 1. The first-order valence-corrected chi connectivity index (χ1v) is 15.3. The Kier molecular flexibility index (Phi) is 9.53. The second kappa shape index (κ2) is 13.1. The third-order valence-electron chi connectivity index (χ3n) is 6.45. The quantitative estimate of drug-likeness (QED) is 0.195. The lowest BCUT2D eigenvalue weighted by atomic mass is 10.2. The monoisotopic (exact) mass is 583 g/mol. The molecule has 0 aliphatic heterocycles. The summed E-state index contributed by atoms with van der Waals surface area (Å²) in [6.07, 6.45) is 4.51. The highest BCUT2D eigenvalue weighted by Gasteiger charge is 2.22. The van der Waals surface area contributed by atoms with Crippen molar-refractivity contribution in [3.63, 3.8) is 0 Å². The van der Waals surface area contributed by atoms with Crippen LogP contribution in [-0.4, -0.2) is 48.3 Å². The van der Waals surface area contributed by atoms with Gasteiger partial charge in [-0.2, -0.15) is 0 Å². The summed E-state index contributed by atoms with van der Waals surface area (Å²) in [4.78, 5) is 20.3. The molecule has 2 aromatic carbocycles. The maximum absolute atomic E-state index is 13.5. The summed E-state index contributed by atoms with van der Waals surface area (Å²) in [5, 5.41) is 4.64. The maximum atomic E-state index is 13.5. The normalized spacial score (nSPS) is 11.5. The molecule has 4 aromatic rings. The van der Waals surface area contributed by atoms with Gasteiger partial charge in [-0.1, -0.05) is 26.7 Å². The third-order valence-corrected chi connectivity index (χ3v) is 7.83. The van der Waals surface area contributed by atoms with E-state index < -0.39 is 10.0 Å². The Morgan fingerprint density at radius 1 is 0.976 bits per heavy atom. The summed E-state index contributed by atoms with van der Waals surface area (Å²) >= 11 is 0. The number of hydrogen-bond donors (Lipinski definition) is 2. The van der Waals surface area contributed by atoms with Gasteiger partial charge in [-0.15, -0.1) is 5.10 Å². The molecule has 0 saturated heterocycles. The van der Waals surface area contributed by atoms with Crippen LogP contribution < -0.4 is 24.5 Å². The Labute approximate surface area is 239 Å². The number of hydrogen-bond acceptors (Lipinski definition) is 8. The second-order valence-corrected chi connectivity index (χ2v) is 11.2. The molecule has 0 amide bonds. The Morgan fingerprint density at radius 2 is 1.76 bits per heavy atom. The molecule has 0 radical (unpaired) electrons. The van der Waals surface area contributed by atoms with Crippen molar-refractivity contribution >= 4 is 21.2 Å². The van der Waals surface area contributed by atoms with Crippen LogP contribution in [0.2, 0.25) is 0 Å². The minimum Gasteiger partial charge on any atom is -0.493 e. The van der Waals surface area contributed by atoms with Gasteiger partial charge in [0.1, 0.15) is 11.6 Å². The Bertz CT molecular complexity index is 1680. The molecule has 0 atom stereocenters. The van der Waals surface area contributed by atoms with Crippen molar-refractivity contribution in [3.8, 4) is 28.6 Å². The van der Waals surface area contributed by atoms with E-state index in [1.165, 1.54) is 23.8 Å². The van der Waals surface area contributed by atoms with Crippen LogP contribution in [0.4, 0.5) is 5.69 Å². The molecule has 0 aliphatic rings. The first-order valence-electron chi connectivity index (χ1n) is 13.8. The molecule has 2 aromatic heterocycles. The van der Waals surface area contributed by atoms with Gasteiger partial charge >= 0.3 is 0 Å². The van der Waals surface area contributed by atoms with E-state index >= 15 is 0 Å². The molecule has 11 nitrogen and oxygen atoms in total. The molecule has 220 valence electrons. The van der Waals surface area contributed by atoms with Gasteiger partial charge in [-0.25, -0.2) is 17.9 Å². The zero-order valence-electron chi connectivity index (χ0n) is 24.1. The van der Waals surface area contributed by atoms with E-state index in [1.54, 1.807) is 31.2 Å². The van der Waals surface area contributed by atoms with Crippen molar-refractivity contribution in [1.82, 2.24) is 19.6 Å². The summed E-state index contributed by atoms with van der Waals surface area (Å²) in [6, 6.07) is 9.30. The van der Waals surface area contributed by atoms with Crippen molar-refractivity contribution < 1.29 is 22.6 Å². The lowest BCUT2D eigenvalue weighted by molar-refractivity contribution is 0.286. The van der Waals surface area contributed by atoms with Gasteiger partial charge in [-0.05, 0) is 57.0 Å². The molecule has 12 heteroatoms. The van der Waals surface area contributed by atoms with E-state index in [0.29, 0.717) is 65.2 Å². The van der Waals surface area contributed by atoms with E-state index in [-0.39, 0.29) is 16.3 Å². The smallest absolute Gasteiger partial charge is 0.277 e. The molecule has 0 saturated carbocycles. The maximum Gasteiger partial charge on any atom is 0.277 e. The summed E-state index contributed by atoms with van der Waals surface area (Å²) in [5.41, 5.74) is 1.19. The largest absolute Gasteiger partial charge is 0.493 e. The molecule has 41 heavy (non-hydrogen) atoms. The van der Waals surface area contributed by atoms with Crippen LogP contribution in [0.5, 0.6) is 17.2 Å². The van der Waals surface area contributed by atoms with Crippen molar-refractivity contribution in [3.05, 3.63) is 58.3 Å². The van der Waals surface area contributed by atoms with E-state index in [4.69, 9.17) is 14.2 Å². The van der Waals surface area contributed by atoms with Gasteiger partial charge in [0.25, 0.3) is 15.6 Å². The summed E-state index contributed by atoms with van der Waals surface area (Å²) in [5.74, 6) is 2.17. The minimum absolute atomic E-state index is 0.0341. The van der Waals surface area contributed by atoms with Gasteiger partial charge in [0.15, 0.2) is 22.8 Å². The Balaban J connectivity index is 1.70. The van der Waals surface area contributed by atoms with Gasteiger partial charge in [-0.3, -0.25) is 9.52 Å². The number of fused-ring (bicyclic) bond motifs is 1. The zero-order chi connectivity index (χ0) is 29.6. The van der Waals surface area contributed by atoms with Gasteiger partial charge < -0.3 is 19.2 Å². The van der Waals surface area contributed by atoms with Crippen LogP contribution in [0.15, 0.2) is 46.1 Å². The zero-order valence-corrected chi connectivity index (χ0v) is 24.9. The number of benzene rings is 2. The summed E-state index contributed by atoms with van der Waals surface area (Å²) in [7, 11) is -2.54. The number of H-pyrrole nitrogens is 1. The fourth-order valence-corrected chi connectivity index (χ4v) is 5.56. The highest BCUT2D eigenvalue weighted by atomic mass is 32.2. The molecule has 0 aliphatic carbocycles. The number of aromatic nitrogens is 4. The molecule has 0 bridgehead atoms. The van der Waals surface area contributed by atoms with Crippen molar-refractivity contribution in [1.29, 1.82) is 0 Å². The SMILES string of the molecule is CCCCCOc1ccc(NS(=O)(=O)c2ccc(OCC)c(-c3nn4c(CCC)nc(C)c4c(=O)[nH]3)c2)cc1OC. The Morgan fingerprint density at radius 3 is 2.46 bits per heavy atom. The standard InChI is InChI=1S/C29H37N5O6S/c1-6-9-10-16-40-24-14-12-20(17-25(24)38-5)33-41(36,37)21-13-15-23(39-8-3)22(18-21)28-31-29(35)27-19(4)30-26(11-7-2)34(27)32-28/h12-15,17-18,33H,6-11,16H2,1-5H3,(H,31,32,35). The highest BCUT2D eigenvalue weighted by molar-refractivity contribution is 7.92. The fraction of sp³-hybridized carbons (Fsp3) is 0.414. The fourth-order valence-electron chi connectivity index (χ4n) is 4.48. The lowest BCUT2D eigenvalue weighted by Gasteiger charge is -2.15. The second-order valence-electron chi connectivity index (χ2n) is 9.54. The van der Waals surface area contributed by atoms with Crippen LogP contribution in [0.25, 0.3) is 16.9 Å². The van der Waals surface area contributed by atoms with Crippen molar-refractivity contribution in [2.45, 2.75) is 64.7 Å². The number of ether oxygens (including phenoxy) is 3. The molecular weight excluding hydrogens is 546 g/mol. The van der Waals surface area contributed by atoms with E-state index in [9.17, 15) is 13.2 Å². The minimum atomic E-state index is -4.04. The molecule has 0 fully saturated rings. The third kappa shape index (κ3) is 6.64. The molecular formula is C29H37N5O6S. The molecule has 2 N–H and O–H groups in total. The average Bonchev–Trinajstić information content (AvgIpc) is 3.27. The number of nitrogens with zero attached hydrogens (tertiary/aromatic N) is 3. The van der Waals surface area contributed by atoms with Crippen LogP contribution >= 0.6 is 0 Å². The van der Waals surface area contributed by atoms with E-state index in [2.05, 4.69) is 26.7 Å². The molecule has 0 spiro atoms. The summed E-state index contributed by atoms with van der Waals surface area (Å²) < 4.78 is 48.1. The van der Waals surface area contributed by atoms with Gasteiger partial charge in [0.2, 0.25) is 0 Å². The number of methoxy groups -OCH3 is 1. The summed E-state index contributed by atoms with van der Waals surface area (Å²) in [6.45, 7) is 8.59. The van der Waals surface area contributed by atoms with Crippen LogP contribution in [-0.2, 0) is 16.4 Å². The Hall–Kier alpha value is -4.06. The van der Waals surface area contributed by atoms with Crippen molar-refractivity contribution in [2.75, 3.05) is 25.0 Å².